The van der Waals surface area contributed by atoms with Crippen LogP contribution in [0.5, 0.6) is 0 Å². The molecule has 0 unspecified atom stereocenters. The van der Waals surface area contributed by atoms with Crippen molar-refractivity contribution in [3.05, 3.63) is 47.1 Å². The molecule has 5 heterocycles. The van der Waals surface area contributed by atoms with E-state index in [1.54, 1.807) is 31.5 Å². The zero-order valence-corrected chi connectivity index (χ0v) is 19.4. The maximum atomic E-state index is 14.5. The van der Waals surface area contributed by atoms with Gasteiger partial charge in [-0.15, -0.1) is 11.3 Å². The van der Waals surface area contributed by atoms with Gasteiger partial charge in [0.15, 0.2) is 11.5 Å². The Balaban J connectivity index is 1.31. The number of hydrogen-bond acceptors (Lipinski definition) is 5. The Kier molecular flexibility index (Phi) is 4.96. The number of carbonyl (C=O) groups is 1. The summed E-state index contributed by atoms with van der Waals surface area (Å²) in [4.78, 5) is 19.6. The summed E-state index contributed by atoms with van der Waals surface area (Å²) in [5.41, 5.74) is 2.17. The summed E-state index contributed by atoms with van der Waals surface area (Å²) in [7, 11) is 0. The number of hydrogen-bond donors (Lipinski definition) is 0. The van der Waals surface area contributed by atoms with Crippen molar-refractivity contribution >= 4 is 33.3 Å². The van der Waals surface area contributed by atoms with E-state index in [-0.39, 0.29) is 11.9 Å². The Morgan fingerprint density at radius 2 is 1.94 bits per heavy atom. The van der Waals surface area contributed by atoms with Gasteiger partial charge in [0.25, 0.3) is 0 Å². The molecule has 5 rings (SSSR count). The van der Waals surface area contributed by atoms with Crippen LogP contribution < -0.4 is 0 Å². The molecule has 9 heteroatoms. The Bertz CT molecular complexity index is 1280. The van der Waals surface area contributed by atoms with E-state index in [1.165, 1.54) is 10.9 Å². The third-order valence-electron chi connectivity index (χ3n) is 5.64. The van der Waals surface area contributed by atoms with Gasteiger partial charge >= 0.3 is 6.09 Å². The predicted molar refractivity (Wildman–Crippen MR) is 122 cm³/mol. The molecule has 0 radical (unpaired) electrons. The molecular weight excluding hydrogens is 429 g/mol. The Morgan fingerprint density at radius 3 is 2.62 bits per heavy atom. The first kappa shape index (κ1) is 20.9. The molecule has 0 aromatic carbocycles. The summed E-state index contributed by atoms with van der Waals surface area (Å²) in [6.45, 7) is 8.89. The molecule has 0 atom stereocenters. The maximum Gasteiger partial charge on any atom is 0.410 e. The lowest BCUT2D eigenvalue weighted by molar-refractivity contribution is 0.0205. The van der Waals surface area contributed by atoms with Crippen LogP contribution in [0.1, 0.15) is 50.1 Å². The fourth-order valence-electron chi connectivity index (χ4n) is 4.14. The van der Waals surface area contributed by atoms with Crippen molar-refractivity contribution in [3.63, 3.8) is 0 Å². The lowest BCUT2D eigenvalue weighted by Gasteiger charge is -2.33. The van der Waals surface area contributed by atoms with Gasteiger partial charge in [-0.3, -0.25) is 0 Å². The van der Waals surface area contributed by atoms with E-state index >= 15 is 0 Å². The number of piperidine rings is 1. The zero-order valence-electron chi connectivity index (χ0n) is 18.6. The van der Waals surface area contributed by atoms with Crippen LogP contribution in [0.4, 0.5) is 9.18 Å². The standard InChI is InChI=1S/C23H26FN5O2S/c1-14-11-28-12-16(9-17(24)21(28)25-14)29-13-20-18(26-29)10-19(32-20)15-5-7-27(8-6-15)22(30)31-23(2,3)4/h9-13,15H,5-8H2,1-4H3. The third-order valence-corrected chi connectivity index (χ3v) is 6.86. The van der Waals surface area contributed by atoms with Crippen LogP contribution in [-0.2, 0) is 4.74 Å². The third kappa shape index (κ3) is 3.97. The highest BCUT2D eigenvalue weighted by Crippen LogP contribution is 2.36. The molecule has 0 bridgehead atoms. The van der Waals surface area contributed by atoms with E-state index in [0.29, 0.717) is 30.3 Å². The minimum atomic E-state index is -0.476. The first-order valence-electron chi connectivity index (χ1n) is 10.8. The number of fused-ring (bicyclic) bond motifs is 2. The molecule has 0 spiro atoms. The molecule has 4 aromatic rings. The number of pyridine rings is 1. The number of rotatable bonds is 2. The van der Waals surface area contributed by atoms with Crippen molar-refractivity contribution in [1.29, 1.82) is 0 Å². The van der Waals surface area contributed by atoms with Crippen molar-refractivity contribution in [2.24, 2.45) is 0 Å². The largest absolute Gasteiger partial charge is 0.444 e. The molecule has 0 saturated carbocycles. The monoisotopic (exact) mass is 455 g/mol. The predicted octanol–water partition coefficient (Wildman–Crippen LogP) is 5.30. The quantitative estimate of drug-likeness (QED) is 0.412. The fourth-order valence-corrected chi connectivity index (χ4v) is 5.32. The summed E-state index contributed by atoms with van der Waals surface area (Å²) in [6, 6.07) is 3.59. The van der Waals surface area contributed by atoms with Gasteiger partial charge in [0.1, 0.15) is 11.1 Å². The number of likely N-dealkylation sites (tertiary alicyclic amines) is 1. The molecule has 1 saturated heterocycles. The van der Waals surface area contributed by atoms with Crippen molar-refractivity contribution in [2.45, 2.75) is 52.1 Å². The van der Waals surface area contributed by atoms with Crippen LogP contribution in [0.15, 0.2) is 30.7 Å². The second kappa shape index (κ2) is 7.58. The minimum absolute atomic E-state index is 0.235. The van der Waals surface area contributed by atoms with Crippen molar-refractivity contribution in [1.82, 2.24) is 24.1 Å². The summed E-state index contributed by atoms with van der Waals surface area (Å²) in [5.74, 6) is 0.0379. The van der Waals surface area contributed by atoms with Crippen molar-refractivity contribution in [2.75, 3.05) is 13.1 Å². The highest BCUT2D eigenvalue weighted by atomic mass is 32.1. The van der Waals surface area contributed by atoms with Gasteiger partial charge in [0.2, 0.25) is 0 Å². The van der Waals surface area contributed by atoms with E-state index in [9.17, 15) is 9.18 Å². The average Bonchev–Trinajstić information content (AvgIpc) is 3.39. The molecule has 1 amide bonds. The summed E-state index contributed by atoms with van der Waals surface area (Å²) in [6.07, 6.45) is 7.16. The summed E-state index contributed by atoms with van der Waals surface area (Å²) >= 11 is 1.72. The minimum Gasteiger partial charge on any atom is -0.444 e. The summed E-state index contributed by atoms with van der Waals surface area (Å²) < 4.78 is 24.4. The van der Waals surface area contributed by atoms with E-state index < -0.39 is 5.60 Å². The van der Waals surface area contributed by atoms with Crippen LogP contribution in [0.3, 0.4) is 0 Å². The Labute approximate surface area is 189 Å². The molecule has 4 aromatic heterocycles. The van der Waals surface area contributed by atoms with Gasteiger partial charge < -0.3 is 14.0 Å². The van der Waals surface area contributed by atoms with Crippen LogP contribution in [0, 0.1) is 12.7 Å². The van der Waals surface area contributed by atoms with Crippen LogP contribution in [0.25, 0.3) is 21.6 Å². The fraction of sp³-hybridized carbons (Fsp3) is 0.435. The number of ether oxygens (including phenoxy) is 1. The highest BCUT2D eigenvalue weighted by Gasteiger charge is 2.28. The second-order valence-corrected chi connectivity index (χ2v) is 10.5. The van der Waals surface area contributed by atoms with Gasteiger partial charge in [-0.05, 0) is 52.5 Å². The summed E-state index contributed by atoms with van der Waals surface area (Å²) in [5, 5.41) is 4.68. The highest BCUT2D eigenvalue weighted by molar-refractivity contribution is 7.19. The number of thiophene rings is 1. The van der Waals surface area contributed by atoms with Crippen LogP contribution in [-0.4, -0.2) is 48.8 Å². The average molecular weight is 456 g/mol. The number of nitrogens with zero attached hydrogens (tertiary/aromatic N) is 5. The van der Waals surface area contributed by atoms with Gasteiger partial charge in [0.05, 0.1) is 16.1 Å². The van der Waals surface area contributed by atoms with Gasteiger partial charge in [-0.1, -0.05) is 0 Å². The molecule has 168 valence electrons. The first-order valence-corrected chi connectivity index (χ1v) is 11.6. The van der Waals surface area contributed by atoms with Crippen molar-refractivity contribution < 1.29 is 13.9 Å². The van der Waals surface area contributed by atoms with Crippen LogP contribution >= 0.6 is 11.3 Å². The molecule has 7 nitrogen and oxygen atoms in total. The lowest BCUT2D eigenvalue weighted by atomic mass is 9.95. The maximum absolute atomic E-state index is 14.5. The number of amides is 1. The van der Waals surface area contributed by atoms with Crippen LogP contribution in [0.2, 0.25) is 0 Å². The van der Waals surface area contributed by atoms with Gasteiger partial charge in [0, 0.05) is 42.6 Å². The number of aromatic nitrogens is 4. The molecular formula is C23H26FN5O2S. The second-order valence-electron chi connectivity index (χ2n) is 9.37. The first-order chi connectivity index (χ1) is 15.2. The number of imidazole rings is 1. The van der Waals surface area contributed by atoms with E-state index in [4.69, 9.17) is 4.74 Å². The molecule has 1 aliphatic heterocycles. The van der Waals surface area contributed by atoms with Crippen molar-refractivity contribution in [3.8, 4) is 5.69 Å². The Morgan fingerprint density at radius 1 is 1.19 bits per heavy atom. The van der Waals surface area contributed by atoms with Gasteiger partial charge in [-0.25, -0.2) is 18.9 Å². The zero-order chi connectivity index (χ0) is 22.6. The molecule has 0 aliphatic carbocycles. The number of aryl methyl sites for hydroxylation is 1. The molecule has 1 aliphatic rings. The van der Waals surface area contributed by atoms with E-state index in [1.807, 2.05) is 40.1 Å². The van der Waals surface area contributed by atoms with E-state index in [2.05, 4.69) is 16.1 Å². The topological polar surface area (TPSA) is 64.7 Å². The molecule has 0 N–H and O–H groups in total. The normalized spacial score (nSPS) is 15.7. The number of carbonyl (C=O) groups excluding carboxylic acids is 1. The number of halogens is 1. The van der Waals surface area contributed by atoms with E-state index in [0.717, 1.165) is 28.8 Å². The SMILES string of the molecule is Cc1cn2cc(-n3cc4sc(C5CCN(C(=O)OC(C)(C)C)CC5)cc4n3)cc(F)c2n1. The smallest absolute Gasteiger partial charge is 0.410 e. The molecule has 1 fully saturated rings. The van der Waals surface area contributed by atoms with Gasteiger partial charge in [-0.2, -0.15) is 5.10 Å². The Hall–Kier alpha value is -2.94. The lowest BCUT2D eigenvalue weighted by Crippen LogP contribution is -2.41. The molecule has 32 heavy (non-hydrogen) atoms.